The fourth-order valence-corrected chi connectivity index (χ4v) is 3.52. The van der Waals surface area contributed by atoms with E-state index in [2.05, 4.69) is 53.5 Å². The van der Waals surface area contributed by atoms with E-state index < -0.39 is 0 Å². The van der Waals surface area contributed by atoms with Gasteiger partial charge in [0.15, 0.2) is 0 Å². The molecule has 0 amide bonds. The average molecular weight is 271 g/mol. The van der Waals surface area contributed by atoms with Gasteiger partial charge >= 0.3 is 0 Å². The molecule has 2 rings (SSSR count). The Bertz CT molecular complexity index is 321. The molecule has 0 aliphatic carbocycles. The van der Waals surface area contributed by atoms with Crippen LogP contribution >= 0.6 is 0 Å². The van der Waals surface area contributed by atoms with E-state index in [0.717, 1.165) is 0 Å². The molecule has 1 unspecified atom stereocenters. The summed E-state index contributed by atoms with van der Waals surface area (Å²) in [7, 11) is 2.17. The summed E-state index contributed by atoms with van der Waals surface area (Å²) in [6, 6.07) is 0.643. The van der Waals surface area contributed by atoms with Gasteiger partial charge in [0, 0.05) is 6.04 Å². The van der Waals surface area contributed by atoms with Crippen LogP contribution in [0.4, 0.5) is 0 Å². The van der Waals surface area contributed by atoms with Gasteiger partial charge in [-0.3, -0.25) is 4.90 Å². The molecular formula is C15H29NO3. The van der Waals surface area contributed by atoms with Gasteiger partial charge in [-0.15, -0.1) is 0 Å². The molecule has 5 atom stereocenters. The van der Waals surface area contributed by atoms with Crippen molar-refractivity contribution in [2.75, 3.05) is 13.7 Å². The number of morpholine rings is 1. The second kappa shape index (κ2) is 5.32. The fourth-order valence-electron chi connectivity index (χ4n) is 3.52. The van der Waals surface area contributed by atoms with Gasteiger partial charge < -0.3 is 14.2 Å². The summed E-state index contributed by atoms with van der Waals surface area (Å²) in [6.07, 6.45) is 0.714. The predicted molar refractivity (Wildman–Crippen MR) is 75.4 cm³/mol. The molecule has 4 nitrogen and oxygen atoms in total. The van der Waals surface area contributed by atoms with Crippen LogP contribution in [0.15, 0.2) is 0 Å². The van der Waals surface area contributed by atoms with Gasteiger partial charge in [-0.05, 0) is 48.6 Å². The molecule has 0 N–H and O–H groups in total. The Kier molecular flexibility index (Phi) is 4.26. The maximum absolute atomic E-state index is 6.30. The fraction of sp³-hybridized carbons (Fsp3) is 1.00. The molecule has 0 spiro atoms. The second-order valence-corrected chi connectivity index (χ2v) is 6.58. The molecule has 4 heteroatoms. The minimum Gasteiger partial charge on any atom is -0.376 e. The van der Waals surface area contributed by atoms with Gasteiger partial charge in [0.25, 0.3) is 0 Å². The quantitative estimate of drug-likeness (QED) is 0.766. The number of fused-ring (bicyclic) bond motifs is 2. The summed E-state index contributed by atoms with van der Waals surface area (Å²) in [4.78, 5) is 2.39. The van der Waals surface area contributed by atoms with E-state index in [9.17, 15) is 0 Å². The minimum atomic E-state index is -0.326. The number of hydrogen-bond donors (Lipinski definition) is 0. The maximum atomic E-state index is 6.30. The lowest BCUT2D eigenvalue weighted by Gasteiger charge is -2.40. The highest BCUT2D eigenvalue weighted by molar-refractivity contribution is 5.17. The van der Waals surface area contributed by atoms with Crippen LogP contribution in [0, 0.1) is 0 Å². The van der Waals surface area contributed by atoms with E-state index in [1.54, 1.807) is 0 Å². The molecule has 2 aliphatic heterocycles. The second-order valence-electron chi connectivity index (χ2n) is 6.58. The van der Waals surface area contributed by atoms with E-state index in [4.69, 9.17) is 14.2 Å². The third-order valence-electron chi connectivity index (χ3n) is 4.53. The zero-order valence-corrected chi connectivity index (χ0v) is 13.3. The summed E-state index contributed by atoms with van der Waals surface area (Å²) in [5, 5.41) is 0. The van der Waals surface area contributed by atoms with Crippen LogP contribution in [0.2, 0.25) is 0 Å². The molecule has 0 aromatic rings. The lowest BCUT2D eigenvalue weighted by molar-refractivity contribution is -0.173. The molecule has 0 saturated carbocycles. The SMILES string of the molecule is CC(C)OC[C@@]12O[C@@H](C)[C@@H]([C@@H]1OC(C)C)N(C)C2C. The Labute approximate surface area is 117 Å². The highest BCUT2D eigenvalue weighted by atomic mass is 16.6. The van der Waals surface area contributed by atoms with Crippen molar-refractivity contribution >= 4 is 0 Å². The first kappa shape index (κ1) is 15.2. The van der Waals surface area contributed by atoms with Crippen molar-refractivity contribution in [3.8, 4) is 0 Å². The molecular weight excluding hydrogens is 242 g/mol. The zero-order chi connectivity index (χ0) is 14.4. The average Bonchev–Trinajstić information content (AvgIpc) is 2.66. The Morgan fingerprint density at radius 2 is 1.79 bits per heavy atom. The third kappa shape index (κ3) is 2.44. The van der Waals surface area contributed by atoms with Gasteiger partial charge in [-0.2, -0.15) is 0 Å². The predicted octanol–water partition coefficient (Wildman–Crippen LogP) is 2.07. The molecule has 2 aliphatic rings. The van der Waals surface area contributed by atoms with Crippen molar-refractivity contribution in [3.05, 3.63) is 0 Å². The minimum absolute atomic E-state index is 0.0984. The Hall–Kier alpha value is -0.160. The zero-order valence-electron chi connectivity index (χ0n) is 13.3. The third-order valence-corrected chi connectivity index (χ3v) is 4.53. The highest BCUT2D eigenvalue weighted by Gasteiger charge is 2.66. The first-order valence-corrected chi connectivity index (χ1v) is 7.46. The summed E-state index contributed by atoms with van der Waals surface area (Å²) in [5.74, 6) is 0. The standard InChI is InChI=1S/C15H29NO3/c1-9(2)17-8-15-12(6)16(7)13(11(5)19-15)14(15)18-10(3)4/h9-14H,8H2,1-7H3/t11-,12?,13-,14-,15-/m0/s1. The van der Waals surface area contributed by atoms with Gasteiger partial charge in [-0.25, -0.2) is 0 Å². The van der Waals surface area contributed by atoms with Gasteiger partial charge in [0.2, 0.25) is 0 Å². The van der Waals surface area contributed by atoms with Crippen LogP contribution in [-0.4, -0.2) is 60.7 Å². The molecule has 0 aromatic carbocycles. The van der Waals surface area contributed by atoms with Crippen molar-refractivity contribution in [1.29, 1.82) is 0 Å². The maximum Gasteiger partial charge on any atom is 0.135 e. The molecule has 0 aromatic heterocycles. The summed E-state index contributed by atoms with van der Waals surface area (Å²) < 4.78 is 18.4. The molecule has 112 valence electrons. The monoisotopic (exact) mass is 271 g/mol. The number of ether oxygens (including phenoxy) is 3. The molecule has 0 radical (unpaired) electrons. The highest BCUT2D eigenvalue weighted by Crippen LogP contribution is 2.47. The van der Waals surface area contributed by atoms with E-state index in [-0.39, 0.29) is 30.0 Å². The molecule has 2 saturated heterocycles. The number of rotatable bonds is 5. The molecule has 2 heterocycles. The topological polar surface area (TPSA) is 30.9 Å². The van der Waals surface area contributed by atoms with Crippen LogP contribution in [0.5, 0.6) is 0 Å². The molecule has 2 fully saturated rings. The van der Waals surface area contributed by atoms with Crippen molar-refractivity contribution in [1.82, 2.24) is 4.90 Å². The Morgan fingerprint density at radius 1 is 1.16 bits per heavy atom. The first-order valence-electron chi connectivity index (χ1n) is 7.46. The summed E-state index contributed by atoms with van der Waals surface area (Å²) in [6.45, 7) is 13.3. The van der Waals surface area contributed by atoms with Crippen LogP contribution < -0.4 is 0 Å². The van der Waals surface area contributed by atoms with E-state index in [0.29, 0.717) is 18.7 Å². The van der Waals surface area contributed by atoms with Crippen LogP contribution in [0.3, 0.4) is 0 Å². The van der Waals surface area contributed by atoms with Crippen molar-refractivity contribution in [3.63, 3.8) is 0 Å². The van der Waals surface area contributed by atoms with Gasteiger partial charge in [0.1, 0.15) is 11.7 Å². The lowest BCUT2D eigenvalue weighted by Crippen LogP contribution is -2.55. The van der Waals surface area contributed by atoms with Crippen molar-refractivity contribution in [2.24, 2.45) is 0 Å². The molecule has 2 bridgehead atoms. The normalized spacial score (nSPS) is 42.8. The Balaban J connectivity index is 2.24. The smallest absolute Gasteiger partial charge is 0.135 e. The number of nitrogens with zero attached hydrogens (tertiary/aromatic N) is 1. The lowest BCUT2D eigenvalue weighted by atomic mass is 9.93. The largest absolute Gasteiger partial charge is 0.376 e. The van der Waals surface area contributed by atoms with E-state index in [1.165, 1.54) is 0 Å². The Morgan fingerprint density at radius 3 is 2.32 bits per heavy atom. The van der Waals surface area contributed by atoms with Crippen LogP contribution in [0.25, 0.3) is 0 Å². The van der Waals surface area contributed by atoms with Crippen molar-refractivity contribution in [2.45, 2.75) is 83.6 Å². The van der Waals surface area contributed by atoms with Crippen molar-refractivity contribution < 1.29 is 14.2 Å². The van der Waals surface area contributed by atoms with E-state index >= 15 is 0 Å². The number of hydrogen-bond acceptors (Lipinski definition) is 4. The number of likely N-dealkylation sites (N-methyl/N-ethyl adjacent to an activating group) is 1. The number of likely N-dealkylation sites (tertiary alicyclic amines) is 1. The first-order chi connectivity index (χ1) is 8.79. The summed E-state index contributed by atoms with van der Waals surface area (Å²) >= 11 is 0. The van der Waals surface area contributed by atoms with Gasteiger partial charge in [-0.1, -0.05) is 0 Å². The summed E-state index contributed by atoms with van der Waals surface area (Å²) in [5.41, 5.74) is -0.326. The van der Waals surface area contributed by atoms with Crippen LogP contribution in [-0.2, 0) is 14.2 Å². The van der Waals surface area contributed by atoms with Gasteiger partial charge in [0.05, 0.1) is 31.0 Å². The van der Waals surface area contributed by atoms with Crippen LogP contribution in [0.1, 0.15) is 41.5 Å². The van der Waals surface area contributed by atoms with E-state index in [1.807, 2.05) is 0 Å². The molecule has 19 heavy (non-hydrogen) atoms.